The number of piperidine rings is 1. The van der Waals surface area contributed by atoms with Gasteiger partial charge in [-0.05, 0) is 43.5 Å². The molecule has 1 N–H and O–H groups in total. The lowest BCUT2D eigenvalue weighted by Crippen LogP contribution is -2.36. The van der Waals surface area contributed by atoms with Crippen molar-refractivity contribution in [1.82, 2.24) is 4.31 Å². The number of halogens is 1. The number of nitrogens with zero attached hydrogens (tertiary/aromatic N) is 1. The molecule has 0 atom stereocenters. The molecule has 3 rings (SSSR count). The largest absolute Gasteiger partial charge is 0.495 e. The third kappa shape index (κ3) is 4.16. The van der Waals surface area contributed by atoms with Crippen LogP contribution in [0.1, 0.15) is 35.2 Å². The van der Waals surface area contributed by atoms with Crippen LogP contribution in [0.3, 0.4) is 0 Å². The van der Waals surface area contributed by atoms with Crippen molar-refractivity contribution in [3.8, 4) is 5.75 Å². The molecule has 1 fully saturated rings. The van der Waals surface area contributed by atoms with Gasteiger partial charge in [-0.25, -0.2) is 8.42 Å². The van der Waals surface area contributed by atoms with Crippen molar-refractivity contribution in [2.75, 3.05) is 25.5 Å². The van der Waals surface area contributed by atoms with E-state index in [4.69, 9.17) is 16.3 Å². The summed E-state index contributed by atoms with van der Waals surface area (Å²) in [7, 11) is -2.26. The zero-order valence-electron chi connectivity index (χ0n) is 15.9. The normalized spacial score (nSPS) is 15.2. The highest BCUT2D eigenvalue weighted by Gasteiger charge is 2.30. The fourth-order valence-electron chi connectivity index (χ4n) is 3.24. The SMILES string of the molecule is COc1cc(Cl)c(C)cc1NC(=O)c1ccccc1S(=O)(=O)N1CCCCC1. The van der Waals surface area contributed by atoms with Crippen LogP contribution in [0, 0.1) is 6.92 Å². The zero-order chi connectivity index (χ0) is 20.3. The molecule has 2 aromatic carbocycles. The Labute approximate surface area is 170 Å². The Morgan fingerprint density at radius 2 is 1.82 bits per heavy atom. The van der Waals surface area contributed by atoms with Crippen molar-refractivity contribution < 1.29 is 17.9 Å². The maximum Gasteiger partial charge on any atom is 0.257 e. The Morgan fingerprint density at radius 1 is 1.14 bits per heavy atom. The van der Waals surface area contributed by atoms with Crippen molar-refractivity contribution in [2.45, 2.75) is 31.1 Å². The quantitative estimate of drug-likeness (QED) is 0.787. The number of rotatable bonds is 5. The van der Waals surface area contributed by atoms with Gasteiger partial charge in [0.1, 0.15) is 5.75 Å². The lowest BCUT2D eigenvalue weighted by Gasteiger charge is -2.26. The van der Waals surface area contributed by atoms with Crippen LogP contribution in [-0.4, -0.2) is 38.8 Å². The van der Waals surface area contributed by atoms with E-state index in [9.17, 15) is 13.2 Å². The number of methoxy groups -OCH3 is 1. The smallest absolute Gasteiger partial charge is 0.257 e. The molecule has 2 aromatic rings. The zero-order valence-corrected chi connectivity index (χ0v) is 17.4. The number of ether oxygens (including phenoxy) is 1. The van der Waals surface area contributed by atoms with Crippen LogP contribution in [0.15, 0.2) is 41.3 Å². The van der Waals surface area contributed by atoms with Gasteiger partial charge in [0.2, 0.25) is 10.0 Å². The van der Waals surface area contributed by atoms with Gasteiger partial charge in [0.15, 0.2) is 0 Å². The minimum absolute atomic E-state index is 0.0130. The first-order valence-electron chi connectivity index (χ1n) is 9.09. The highest BCUT2D eigenvalue weighted by atomic mass is 35.5. The second-order valence-electron chi connectivity index (χ2n) is 6.72. The summed E-state index contributed by atoms with van der Waals surface area (Å²) in [6, 6.07) is 9.57. The molecule has 0 radical (unpaired) electrons. The number of nitrogens with one attached hydrogen (secondary N) is 1. The standard InChI is InChI=1S/C20H23ClN2O4S/c1-14-12-17(18(27-2)13-16(14)21)22-20(24)15-8-4-5-9-19(15)28(25,26)23-10-6-3-7-11-23/h4-5,8-9,12-13H,3,6-7,10-11H2,1-2H3,(H,22,24). The summed E-state index contributed by atoms with van der Waals surface area (Å²) >= 11 is 6.11. The van der Waals surface area contributed by atoms with Gasteiger partial charge in [-0.2, -0.15) is 4.31 Å². The lowest BCUT2D eigenvalue weighted by molar-refractivity contribution is 0.102. The summed E-state index contributed by atoms with van der Waals surface area (Å²) in [6.07, 6.45) is 2.67. The van der Waals surface area contributed by atoms with Crippen molar-refractivity contribution >= 4 is 33.2 Å². The van der Waals surface area contributed by atoms with Crippen molar-refractivity contribution in [3.63, 3.8) is 0 Å². The molecule has 0 aliphatic carbocycles. The van der Waals surface area contributed by atoms with Crippen LogP contribution >= 0.6 is 11.6 Å². The molecule has 1 heterocycles. The summed E-state index contributed by atoms with van der Waals surface area (Å²) in [4.78, 5) is 13.0. The fourth-order valence-corrected chi connectivity index (χ4v) is 5.10. The number of aryl methyl sites for hydroxylation is 1. The van der Waals surface area contributed by atoms with Gasteiger partial charge in [0.25, 0.3) is 5.91 Å². The molecule has 1 aliphatic rings. The average Bonchev–Trinajstić information content (AvgIpc) is 2.71. The topological polar surface area (TPSA) is 75.7 Å². The average molecular weight is 423 g/mol. The second-order valence-corrected chi connectivity index (χ2v) is 9.03. The molecular weight excluding hydrogens is 400 g/mol. The van der Waals surface area contributed by atoms with E-state index in [0.717, 1.165) is 24.8 Å². The molecule has 0 bridgehead atoms. The van der Waals surface area contributed by atoms with Crippen LogP contribution < -0.4 is 10.1 Å². The van der Waals surface area contributed by atoms with Gasteiger partial charge in [0.05, 0.1) is 23.3 Å². The van der Waals surface area contributed by atoms with Gasteiger partial charge >= 0.3 is 0 Å². The Balaban J connectivity index is 1.95. The summed E-state index contributed by atoms with van der Waals surface area (Å²) in [5, 5.41) is 3.27. The molecule has 1 aliphatic heterocycles. The molecule has 1 amide bonds. The fraction of sp³-hybridized carbons (Fsp3) is 0.350. The van der Waals surface area contributed by atoms with E-state index >= 15 is 0 Å². The third-order valence-electron chi connectivity index (χ3n) is 4.79. The van der Waals surface area contributed by atoms with Crippen molar-refractivity contribution in [2.24, 2.45) is 0 Å². The summed E-state index contributed by atoms with van der Waals surface area (Å²) in [6.45, 7) is 2.76. The minimum atomic E-state index is -3.74. The maximum atomic E-state index is 13.1. The van der Waals surface area contributed by atoms with Crippen LogP contribution in [0.4, 0.5) is 5.69 Å². The number of benzene rings is 2. The summed E-state index contributed by atoms with van der Waals surface area (Å²) in [5.74, 6) is -0.114. The van der Waals surface area contributed by atoms with Gasteiger partial charge in [-0.1, -0.05) is 30.2 Å². The Morgan fingerprint density at radius 3 is 2.50 bits per heavy atom. The molecule has 1 saturated heterocycles. The van der Waals surface area contributed by atoms with E-state index in [-0.39, 0.29) is 10.5 Å². The van der Waals surface area contributed by atoms with Gasteiger partial charge in [0, 0.05) is 24.2 Å². The third-order valence-corrected chi connectivity index (χ3v) is 7.16. The first-order chi connectivity index (χ1) is 13.3. The molecule has 0 spiro atoms. The van der Waals surface area contributed by atoms with Crippen LogP contribution in [0.5, 0.6) is 5.75 Å². The first-order valence-corrected chi connectivity index (χ1v) is 10.9. The summed E-state index contributed by atoms with van der Waals surface area (Å²) in [5.41, 5.74) is 1.30. The number of hydrogen-bond donors (Lipinski definition) is 1. The van der Waals surface area contributed by atoms with Crippen LogP contribution in [0.2, 0.25) is 5.02 Å². The van der Waals surface area contributed by atoms with Crippen LogP contribution in [-0.2, 0) is 10.0 Å². The Bertz CT molecular complexity index is 986. The number of carbonyl (C=O) groups is 1. The molecule has 8 heteroatoms. The number of carbonyl (C=O) groups excluding carboxylic acids is 1. The predicted octanol–water partition coefficient (Wildman–Crippen LogP) is 4.08. The number of sulfonamides is 1. The lowest BCUT2D eigenvalue weighted by atomic mass is 10.1. The maximum absolute atomic E-state index is 13.1. The van der Waals surface area contributed by atoms with Crippen molar-refractivity contribution in [1.29, 1.82) is 0 Å². The number of amides is 1. The van der Waals surface area contributed by atoms with E-state index in [1.54, 1.807) is 24.3 Å². The molecule has 6 nitrogen and oxygen atoms in total. The van der Waals surface area contributed by atoms with E-state index in [1.165, 1.54) is 23.5 Å². The number of hydrogen-bond acceptors (Lipinski definition) is 4. The predicted molar refractivity (Wildman–Crippen MR) is 110 cm³/mol. The van der Waals surface area contributed by atoms with E-state index in [0.29, 0.717) is 29.5 Å². The van der Waals surface area contributed by atoms with E-state index < -0.39 is 15.9 Å². The van der Waals surface area contributed by atoms with Gasteiger partial charge < -0.3 is 10.1 Å². The number of anilines is 1. The van der Waals surface area contributed by atoms with Crippen molar-refractivity contribution in [3.05, 3.63) is 52.5 Å². The molecule has 0 unspecified atom stereocenters. The Kier molecular flexibility index (Phi) is 6.27. The van der Waals surface area contributed by atoms with E-state index in [1.807, 2.05) is 6.92 Å². The van der Waals surface area contributed by atoms with Gasteiger partial charge in [-0.15, -0.1) is 0 Å². The molecule has 0 saturated carbocycles. The monoisotopic (exact) mass is 422 g/mol. The van der Waals surface area contributed by atoms with Gasteiger partial charge in [-0.3, -0.25) is 4.79 Å². The van der Waals surface area contributed by atoms with Crippen LogP contribution in [0.25, 0.3) is 0 Å². The first kappa shape index (κ1) is 20.6. The molecular formula is C20H23ClN2O4S. The minimum Gasteiger partial charge on any atom is -0.495 e. The highest BCUT2D eigenvalue weighted by molar-refractivity contribution is 7.89. The summed E-state index contributed by atoms with van der Waals surface area (Å²) < 4.78 is 32.9. The molecule has 150 valence electrons. The molecule has 0 aromatic heterocycles. The van der Waals surface area contributed by atoms with E-state index in [2.05, 4.69) is 5.32 Å². The Hall–Kier alpha value is -2.09. The highest BCUT2D eigenvalue weighted by Crippen LogP contribution is 2.32. The second kappa shape index (κ2) is 8.51. The molecule has 28 heavy (non-hydrogen) atoms.